The maximum atomic E-state index is 9.25. The van der Waals surface area contributed by atoms with Gasteiger partial charge < -0.3 is 9.80 Å². The molecule has 0 aliphatic heterocycles. The second-order valence-electron chi connectivity index (χ2n) is 10.7. The Labute approximate surface area is 260 Å². The fraction of sp³-hybridized carbons (Fsp3) is 0.103. The molecule has 5 aromatic rings. The van der Waals surface area contributed by atoms with Crippen LogP contribution in [-0.4, -0.2) is 6.04 Å². The van der Waals surface area contributed by atoms with Crippen molar-refractivity contribution in [1.82, 2.24) is 0 Å². The number of thiol groups is 1. The Morgan fingerprint density at radius 3 is 1.65 bits per heavy atom. The molecule has 210 valence electrons. The molecule has 0 saturated carbocycles. The first-order valence-corrected chi connectivity index (χ1v) is 15.1. The molecule has 0 saturated heterocycles. The third-order valence-corrected chi connectivity index (χ3v) is 8.09. The Morgan fingerprint density at radius 1 is 0.605 bits per heavy atom. The normalized spacial score (nSPS) is 14.4. The fourth-order valence-electron chi connectivity index (χ4n) is 5.58. The van der Waals surface area contributed by atoms with Crippen molar-refractivity contribution in [3.8, 4) is 6.07 Å². The van der Waals surface area contributed by atoms with Crippen molar-refractivity contribution in [2.75, 3.05) is 9.80 Å². The number of hydrogen-bond acceptors (Lipinski definition) is 4. The Balaban J connectivity index is 1.21. The zero-order chi connectivity index (χ0) is 29.4. The van der Waals surface area contributed by atoms with Gasteiger partial charge in [0.25, 0.3) is 0 Å². The van der Waals surface area contributed by atoms with Gasteiger partial charge in [0.1, 0.15) is 0 Å². The highest BCUT2D eigenvalue weighted by Gasteiger charge is 2.21. The molecule has 0 N–H and O–H groups in total. The van der Waals surface area contributed by atoms with E-state index in [9.17, 15) is 5.26 Å². The van der Waals surface area contributed by atoms with E-state index in [0.29, 0.717) is 11.6 Å². The molecule has 0 heterocycles. The third-order valence-electron chi connectivity index (χ3n) is 7.79. The van der Waals surface area contributed by atoms with Gasteiger partial charge in [0.05, 0.1) is 11.6 Å². The van der Waals surface area contributed by atoms with Crippen LogP contribution in [0.1, 0.15) is 36.0 Å². The minimum absolute atomic E-state index is 0.393. The van der Waals surface area contributed by atoms with Gasteiger partial charge in [-0.3, -0.25) is 0 Å². The van der Waals surface area contributed by atoms with Gasteiger partial charge in [-0.2, -0.15) is 5.26 Å². The quantitative estimate of drug-likeness (QED) is 0.113. The zero-order valence-electron chi connectivity index (χ0n) is 23.9. The van der Waals surface area contributed by atoms with Crippen LogP contribution in [0.5, 0.6) is 0 Å². The minimum Gasteiger partial charge on any atom is -0.338 e. The number of hydrogen-bond donors (Lipinski definition) is 1. The van der Waals surface area contributed by atoms with E-state index in [1.807, 2.05) is 30.3 Å². The van der Waals surface area contributed by atoms with Gasteiger partial charge in [-0.25, -0.2) is 0 Å². The molecular formula is C39H33N3S. The summed E-state index contributed by atoms with van der Waals surface area (Å²) in [6, 6.07) is 46.6. The van der Waals surface area contributed by atoms with Crippen LogP contribution in [0.4, 0.5) is 28.4 Å². The molecule has 3 nitrogen and oxygen atoms in total. The summed E-state index contributed by atoms with van der Waals surface area (Å²) in [6.07, 6.45) is 12.1. The number of para-hydroxylation sites is 1. The van der Waals surface area contributed by atoms with E-state index in [0.717, 1.165) is 58.0 Å². The summed E-state index contributed by atoms with van der Waals surface area (Å²) < 4.78 is 0. The number of nitriles is 1. The average molecular weight is 576 g/mol. The molecule has 5 aromatic carbocycles. The maximum absolute atomic E-state index is 9.25. The van der Waals surface area contributed by atoms with Crippen LogP contribution in [0.15, 0.2) is 144 Å². The van der Waals surface area contributed by atoms with E-state index in [-0.39, 0.29) is 0 Å². The molecule has 4 heteroatoms. The molecule has 0 spiro atoms. The molecule has 43 heavy (non-hydrogen) atoms. The third kappa shape index (κ3) is 6.75. The summed E-state index contributed by atoms with van der Waals surface area (Å²) in [6.45, 7) is 0. The van der Waals surface area contributed by atoms with Crippen LogP contribution >= 0.6 is 12.6 Å². The van der Waals surface area contributed by atoms with Crippen molar-refractivity contribution >= 4 is 53.2 Å². The van der Waals surface area contributed by atoms with Gasteiger partial charge in [0, 0.05) is 39.4 Å². The molecule has 1 aliphatic rings. The maximum Gasteiger partial charge on any atom is 0.0991 e. The Kier molecular flexibility index (Phi) is 8.73. The monoisotopic (exact) mass is 575 g/mol. The first kappa shape index (κ1) is 28.2. The number of allylic oxidation sites excluding steroid dienone is 1. The van der Waals surface area contributed by atoms with Crippen molar-refractivity contribution < 1.29 is 0 Å². The lowest BCUT2D eigenvalue weighted by Crippen LogP contribution is -2.31. The van der Waals surface area contributed by atoms with Gasteiger partial charge in [0.2, 0.25) is 0 Å². The molecular weight excluding hydrogens is 543 g/mol. The van der Waals surface area contributed by atoms with Crippen molar-refractivity contribution in [3.05, 3.63) is 156 Å². The molecule has 1 unspecified atom stereocenters. The summed E-state index contributed by atoms with van der Waals surface area (Å²) in [5, 5.41) is 9.25. The predicted molar refractivity (Wildman–Crippen MR) is 184 cm³/mol. The van der Waals surface area contributed by atoms with Crippen LogP contribution in [0.3, 0.4) is 0 Å². The molecule has 6 rings (SSSR count). The lowest BCUT2D eigenvalue weighted by Gasteiger charge is -2.35. The van der Waals surface area contributed by atoms with E-state index in [4.69, 9.17) is 0 Å². The van der Waals surface area contributed by atoms with Gasteiger partial charge in [-0.05, 0) is 115 Å². The van der Waals surface area contributed by atoms with Gasteiger partial charge in [0.15, 0.2) is 0 Å². The molecule has 0 radical (unpaired) electrons. The van der Waals surface area contributed by atoms with Gasteiger partial charge >= 0.3 is 0 Å². The van der Waals surface area contributed by atoms with Crippen molar-refractivity contribution in [3.63, 3.8) is 0 Å². The van der Waals surface area contributed by atoms with E-state index in [1.54, 1.807) is 0 Å². The zero-order valence-corrected chi connectivity index (χ0v) is 24.8. The highest BCUT2D eigenvalue weighted by atomic mass is 32.1. The summed E-state index contributed by atoms with van der Waals surface area (Å²) in [7, 11) is 0. The molecule has 0 amide bonds. The van der Waals surface area contributed by atoms with E-state index >= 15 is 0 Å². The van der Waals surface area contributed by atoms with Gasteiger partial charge in [-0.15, -0.1) is 12.6 Å². The van der Waals surface area contributed by atoms with Crippen LogP contribution in [-0.2, 0) is 0 Å². The standard InChI is InChI=1S/C39H33N3S/c40-29-32-17-23-37(24-18-32)41(33-7-3-1-4-8-33)35-19-13-30(14-20-35)11-12-31-15-21-36(22-16-31)42(34-9-5-2-6-10-34)38-25-27-39(43)28-26-38/h1-3,5-6,9-28,33,43H,4,7-8H2/b12-11+. The van der Waals surface area contributed by atoms with E-state index in [2.05, 4.69) is 150 Å². The van der Waals surface area contributed by atoms with E-state index in [1.165, 1.54) is 5.69 Å². The van der Waals surface area contributed by atoms with Crippen molar-refractivity contribution in [2.24, 2.45) is 0 Å². The number of rotatable bonds is 8. The minimum atomic E-state index is 0.393. The molecule has 0 aromatic heterocycles. The summed E-state index contributed by atoms with van der Waals surface area (Å²) in [4.78, 5) is 5.61. The number of nitrogens with zero attached hydrogens (tertiary/aromatic N) is 3. The van der Waals surface area contributed by atoms with Crippen LogP contribution in [0.25, 0.3) is 12.2 Å². The van der Waals surface area contributed by atoms with Crippen molar-refractivity contribution in [1.29, 1.82) is 5.26 Å². The highest BCUT2D eigenvalue weighted by molar-refractivity contribution is 7.80. The average Bonchev–Trinajstić information content (AvgIpc) is 3.07. The predicted octanol–water partition coefficient (Wildman–Crippen LogP) is 10.7. The van der Waals surface area contributed by atoms with E-state index < -0.39 is 0 Å². The number of anilines is 5. The van der Waals surface area contributed by atoms with Crippen molar-refractivity contribution in [2.45, 2.75) is 30.2 Å². The Hall–Kier alpha value is -4.98. The lowest BCUT2D eigenvalue weighted by molar-refractivity contribution is 0.591. The molecule has 1 aliphatic carbocycles. The topological polar surface area (TPSA) is 30.3 Å². The molecule has 0 fully saturated rings. The van der Waals surface area contributed by atoms with Crippen LogP contribution in [0, 0.1) is 11.3 Å². The summed E-state index contributed by atoms with van der Waals surface area (Å²) in [5.74, 6) is 0. The van der Waals surface area contributed by atoms with Gasteiger partial charge in [-0.1, -0.05) is 66.8 Å². The van der Waals surface area contributed by atoms with Crippen LogP contribution in [0.2, 0.25) is 0 Å². The fourth-order valence-corrected chi connectivity index (χ4v) is 5.73. The summed E-state index contributed by atoms with van der Waals surface area (Å²) in [5.41, 5.74) is 8.55. The Bertz CT molecular complexity index is 1730. The first-order valence-electron chi connectivity index (χ1n) is 14.6. The second-order valence-corrected chi connectivity index (χ2v) is 11.2. The largest absolute Gasteiger partial charge is 0.338 e. The smallest absolute Gasteiger partial charge is 0.0991 e. The second kappa shape index (κ2) is 13.3. The first-order chi connectivity index (χ1) is 21.2. The summed E-state index contributed by atoms with van der Waals surface area (Å²) >= 11 is 4.46. The SMILES string of the molecule is N#Cc1ccc(N(c2ccc(/C=C/c3ccc(N(c4ccccc4)c4ccc(S)cc4)cc3)cc2)C2CC=CCC2)cc1. The lowest BCUT2D eigenvalue weighted by atomic mass is 9.98. The molecule has 1 atom stereocenters. The number of benzene rings is 5. The van der Waals surface area contributed by atoms with Crippen LogP contribution < -0.4 is 9.80 Å². The molecule has 0 bridgehead atoms. The highest BCUT2D eigenvalue weighted by Crippen LogP contribution is 2.36. The Morgan fingerprint density at radius 2 is 1.12 bits per heavy atom.